The molecular weight excluding hydrogens is 188 g/mol. The van der Waals surface area contributed by atoms with E-state index >= 15 is 0 Å². The molecule has 0 heterocycles. The van der Waals surface area contributed by atoms with Gasteiger partial charge in [0.1, 0.15) is 0 Å². The minimum absolute atomic E-state index is 0.143. The van der Waals surface area contributed by atoms with Crippen molar-refractivity contribution in [2.24, 2.45) is 5.92 Å². The van der Waals surface area contributed by atoms with Crippen molar-refractivity contribution < 1.29 is 12.6 Å². The second-order valence-electron chi connectivity index (χ2n) is 3.90. The van der Waals surface area contributed by atoms with Crippen LogP contribution in [0.3, 0.4) is 0 Å². The minimum atomic E-state index is -3.27. The van der Waals surface area contributed by atoms with E-state index in [1.54, 1.807) is 0 Å². The van der Waals surface area contributed by atoms with Gasteiger partial charge in [-0.25, -0.2) is 0 Å². The summed E-state index contributed by atoms with van der Waals surface area (Å²) < 4.78 is 26.7. The maximum atomic E-state index is 10.9. The molecule has 1 rings (SSSR count). The van der Waals surface area contributed by atoms with Crippen LogP contribution in [0.1, 0.15) is 39.0 Å². The summed E-state index contributed by atoms with van der Waals surface area (Å²) in [6, 6.07) is 0. The van der Waals surface area contributed by atoms with Gasteiger partial charge in [0.2, 0.25) is 0 Å². The quantitative estimate of drug-likeness (QED) is 0.663. The zero-order valence-corrected chi connectivity index (χ0v) is 9.14. The molecule has 0 saturated heterocycles. The zero-order chi connectivity index (χ0) is 9.90. The molecular formula is C9H18O3S. The Hall–Kier alpha value is -0.0900. The monoisotopic (exact) mass is 206 g/mol. The molecule has 13 heavy (non-hydrogen) atoms. The van der Waals surface area contributed by atoms with Crippen LogP contribution in [0.5, 0.6) is 0 Å². The highest BCUT2D eigenvalue weighted by atomic mass is 32.2. The first-order chi connectivity index (χ1) is 5.99. The van der Waals surface area contributed by atoms with E-state index in [-0.39, 0.29) is 6.10 Å². The molecule has 78 valence electrons. The molecule has 0 radical (unpaired) electrons. The molecule has 4 heteroatoms. The molecule has 1 aliphatic carbocycles. The van der Waals surface area contributed by atoms with Crippen molar-refractivity contribution >= 4 is 10.1 Å². The summed E-state index contributed by atoms with van der Waals surface area (Å²) in [5, 5.41) is 0. The van der Waals surface area contributed by atoms with Crippen molar-refractivity contribution in [3.8, 4) is 0 Å². The molecule has 0 aromatic rings. The van der Waals surface area contributed by atoms with Gasteiger partial charge >= 0.3 is 0 Å². The topological polar surface area (TPSA) is 43.4 Å². The number of rotatable bonds is 3. The molecule has 1 aliphatic rings. The lowest BCUT2D eigenvalue weighted by Gasteiger charge is -2.26. The summed E-state index contributed by atoms with van der Waals surface area (Å²) in [4.78, 5) is 0. The Balaban J connectivity index is 2.42. The van der Waals surface area contributed by atoms with E-state index in [0.29, 0.717) is 5.92 Å². The van der Waals surface area contributed by atoms with E-state index in [1.165, 1.54) is 19.3 Å². The van der Waals surface area contributed by atoms with E-state index in [0.717, 1.165) is 19.1 Å². The smallest absolute Gasteiger partial charge is 0.264 e. The molecule has 1 saturated carbocycles. The molecule has 0 N–H and O–H groups in total. The number of hydrogen-bond donors (Lipinski definition) is 0. The maximum Gasteiger partial charge on any atom is 0.264 e. The van der Waals surface area contributed by atoms with E-state index in [2.05, 4.69) is 0 Å². The average Bonchev–Trinajstić information content (AvgIpc) is 2.03. The lowest BCUT2D eigenvalue weighted by molar-refractivity contribution is 0.131. The Bertz CT molecular complexity index is 240. The fraction of sp³-hybridized carbons (Fsp3) is 1.00. The summed E-state index contributed by atoms with van der Waals surface area (Å²) in [7, 11) is -3.27. The molecule has 0 aliphatic heterocycles. The van der Waals surface area contributed by atoms with Crippen molar-refractivity contribution in [2.75, 3.05) is 6.26 Å². The second-order valence-corrected chi connectivity index (χ2v) is 5.50. The normalized spacial score (nSPS) is 22.9. The van der Waals surface area contributed by atoms with Gasteiger partial charge in [-0.2, -0.15) is 8.42 Å². The van der Waals surface area contributed by atoms with Crippen LogP contribution in [-0.4, -0.2) is 20.8 Å². The third kappa shape index (κ3) is 4.09. The van der Waals surface area contributed by atoms with Gasteiger partial charge in [-0.15, -0.1) is 0 Å². The van der Waals surface area contributed by atoms with Gasteiger partial charge in [0.05, 0.1) is 12.4 Å². The molecule has 0 bridgehead atoms. The third-order valence-corrected chi connectivity index (χ3v) is 3.29. The van der Waals surface area contributed by atoms with Crippen molar-refractivity contribution in [1.82, 2.24) is 0 Å². The van der Waals surface area contributed by atoms with E-state index < -0.39 is 10.1 Å². The SMILES string of the molecule is C[C@H](OS(C)(=O)=O)C1CCCCC1. The van der Waals surface area contributed by atoms with Crippen LogP contribution < -0.4 is 0 Å². The van der Waals surface area contributed by atoms with Crippen molar-refractivity contribution in [3.05, 3.63) is 0 Å². The van der Waals surface area contributed by atoms with Crippen LogP contribution in [0.15, 0.2) is 0 Å². The Morgan fingerprint density at radius 1 is 1.23 bits per heavy atom. The highest BCUT2D eigenvalue weighted by Gasteiger charge is 2.23. The predicted molar refractivity (Wildman–Crippen MR) is 52.0 cm³/mol. The first kappa shape index (κ1) is 11.0. The first-order valence-electron chi connectivity index (χ1n) is 4.87. The fourth-order valence-corrected chi connectivity index (χ4v) is 2.67. The lowest BCUT2D eigenvalue weighted by Crippen LogP contribution is -2.25. The van der Waals surface area contributed by atoms with Crippen molar-refractivity contribution in [2.45, 2.75) is 45.1 Å². The van der Waals surface area contributed by atoms with Gasteiger partial charge in [-0.05, 0) is 25.7 Å². The molecule has 0 unspecified atom stereocenters. The molecule has 0 aromatic heterocycles. The maximum absolute atomic E-state index is 10.9. The summed E-state index contributed by atoms with van der Waals surface area (Å²) in [5.74, 6) is 0.434. The first-order valence-corrected chi connectivity index (χ1v) is 6.69. The van der Waals surface area contributed by atoms with Crippen LogP contribution in [-0.2, 0) is 14.3 Å². The van der Waals surface area contributed by atoms with Crippen LogP contribution in [0.25, 0.3) is 0 Å². The zero-order valence-electron chi connectivity index (χ0n) is 8.32. The summed E-state index contributed by atoms with van der Waals surface area (Å²) in [6.45, 7) is 1.86. The number of hydrogen-bond acceptors (Lipinski definition) is 3. The average molecular weight is 206 g/mol. The van der Waals surface area contributed by atoms with Gasteiger partial charge in [0, 0.05) is 0 Å². The molecule has 0 amide bonds. The lowest BCUT2D eigenvalue weighted by atomic mass is 9.86. The van der Waals surface area contributed by atoms with Crippen LogP contribution in [0, 0.1) is 5.92 Å². The summed E-state index contributed by atoms with van der Waals surface area (Å²) >= 11 is 0. The van der Waals surface area contributed by atoms with Crippen molar-refractivity contribution in [1.29, 1.82) is 0 Å². The highest BCUT2D eigenvalue weighted by molar-refractivity contribution is 7.86. The Kier molecular flexibility index (Phi) is 3.74. The Morgan fingerprint density at radius 3 is 2.23 bits per heavy atom. The molecule has 0 aromatic carbocycles. The van der Waals surface area contributed by atoms with Gasteiger partial charge in [-0.3, -0.25) is 4.18 Å². The molecule has 1 fully saturated rings. The van der Waals surface area contributed by atoms with Gasteiger partial charge in [-0.1, -0.05) is 19.3 Å². The largest absolute Gasteiger partial charge is 0.267 e. The van der Waals surface area contributed by atoms with E-state index in [4.69, 9.17) is 4.18 Å². The van der Waals surface area contributed by atoms with Crippen LogP contribution in [0.4, 0.5) is 0 Å². The fourth-order valence-electron chi connectivity index (χ4n) is 1.96. The third-order valence-electron chi connectivity index (χ3n) is 2.64. The van der Waals surface area contributed by atoms with Crippen LogP contribution >= 0.6 is 0 Å². The standard InChI is InChI=1S/C9H18O3S/c1-8(12-13(2,10)11)9-6-4-3-5-7-9/h8-9H,3-7H2,1-2H3/t8-/m0/s1. The van der Waals surface area contributed by atoms with Gasteiger partial charge < -0.3 is 0 Å². The van der Waals surface area contributed by atoms with Crippen molar-refractivity contribution in [3.63, 3.8) is 0 Å². The summed E-state index contributed by atoms with van der Waals surface area (Å²) in [6.07, 6.45) is 6.89. The Morgan fingerprint density at radius 2 is 1.77 bits per heavy atom. The van der Waals surface area contributed by atoms with Crippen LogP contribution in [0.2, 0.25) is 0 Å². The Labute approximate surface area is 80.6 Å². The molecule has 1 atom stereocenters. The van der Waals surface area contributed by atoms with Gasteiger partial charge in [0.25, 0.3) is 10.1 Å². The summed E-state index contributed by atoms with van der Waals surface area (Å²) in [5.41, 5.74) is 0. The molecule has 0 spiro atoms. The minimum Gasteiger partial charge on any atom is -0.267 e. The van der Waals surface area contributed by atoms with E-state index in [1.807, 2.05) is 6.92 Å². The van der Waals surface area contributed by atoms with E-state index in [9.17, 15) is 8.42 Å². The predicted octanol–water partition coefficient (Wildman–Crippen LogP) is 1.93. The van der Waals surface area contributed by atoms with Gasteiger partial charge in [0.15, 0.2) is 0 Å². The second kappa shape index (κ2) is 4.42. The highest BCUT2D eigenvalue weighted by Crippen LogP contribution is 2.28. The molecule has 3 nitrogen and oxygen atoms in total.